The van der Waals surface area contributed by atoms with E-state index in [4.69, 9.17) is 14.2 Å². The van der Waals surface area contributed by atoms with E-state index in [1.807, 2.05) is 18.2 Å². The highest BCUT2D eigenvalue weighted by Gasteiger charge is 2.41. The van der Waals surface area contributed by atoms with Gasteiger partial charge in [0.15, 0.2) is 0 Å². The zero-order valence-electron chi connectivity index (χ0n) is 16.3. The number of ether oxygens (including phenoxy) is 3. The maximum Gasteiger partial charge on any atom is 0.289 e. The number of hydrogen-bond acceptors (Lipinski definition) is 4. The second kappa shape index (κ2) is 12.1. The maximum atomic E-state index is 5.68. The van der Waals surface area contributed by atoms with Gasteiger partial charge in [0.25, 0.3) is 5.97 Å². The van der Waals surface area contributed by atoms with Gasteiger partial charge < -0.3 is 19.5 Å². The van der Waals surface area contributed by atoms with Crippen molar-refractivity contribution in [2.75, 3.05) is 26.6 Å². The van der Waals surface area contributed by atoms with Crippen molar-refractivity contribution in [3.63, 3.8) is 0 Å². The van der Waals surface area contributed by atoms with Crippen molar-refractivity contribution in [3.8, 4) is 0 Å². The highest BCUT2D eigenvalue weighted by molar-refractivity contribution is 5.54. The Bertz CT molecular complexity index is 478. The van der Waals surface area contributed by atoms with E-state index in [-0.39, 0.29) is 5.92 Å². The Morgan fingerprint density at radius 1 is 1.00 bits per heavy atom. The lowest BCUT2D eigenvalue weighted by Gasteiger charge is -2.37. The monoisotopic (exact) mass is 349 g/mol. The highest BCUT2D eigenvalue weighted by Crippen LogP contribution is 2.40. The molecule has 0 aliphatic heterocycles. The molecule has 0 heterocycles. The fourth-order valence-corrected chi connectivity index (χ4v) is 3.37. The Hall–Kier alpha value is -1.36. The Morgan fingerprint density at radius 3 is 2.20 bits per heavy atom. The summed E-state index contributed by atoms with van der Waals surface area (Å²) in [6, 6.07) is 8.17. The third-order valence-electron chi connectivity index (χ3n) is 4.72. The van der Waals surface area contributed by atoms with E-state index >= 15 is 0 Å². The molecule has 4 heteroatoms. The van der Waals surface area contributed by atoms with Crippen LogP contribution in [0.4, 0.5) is 5.69 Å². The Labute approximate surface area is 153 Å². The molecule has 1 aromatic carbocycles. The van der Waals surface area contributed by atoms with Gasteiger partial charge in [-0.1, -0.05) is 70.2 Å². The van der Waals surface area contributed by atoms with E-state index in [1.165, 1.54) is 32.1 Å². The lowest BCUT2D eigenvalue weighted by molar-refractivity contribution is -0.365. The van der Waals surface area contributed by atoms with E-state index in [0.29, 0.717) is 0 Å². The fourth-order valence-electron chi connectivity index (χ4n) is 3.37. The van der Waals surface area contributed by atoms with Crippen LogP contribution in [0.2, 0.25) is 0 Å². The van der Waals surface area contributed by atoms with Crippen LogP contribution >= 0.6 is 0 Å². The van der Waals surface area contributed by atoms with Gasteiger partial charge in [0, 0.05) is 27.0 Å². The molecule has 142 valence electrons. The summed E-state index contributed by atoms with van der Waals surface area (Å²) in [6.45, 7) is 6.02. The minimum atomic E-state index is -1.09. The molecule has 0 spiro atoms. The molecule has 0 saturated heterocycles. The normalized spacial score (nSPS) is 12.8. The van der Waals surface area contributed by atoms with Crippen molar-refractivity contribution < 1.29 is 14.2 Å². The zero-order chi connectivity index (χ0) is 18.5. The molecule has 0 saturated carbocycles. The smallest absolute Gasteiger partial charge is 0.289 e. The minimum Gasteiger partial charge on any atom is -0.362 e. The van der Waals surface area contributed by atoms with Crippen LogP contribution in [0.5, 0.6) is 0 Å². The quantitative estimate of drug-likeness (QED) is 0.347. The molecule has 1 rings (SSSR count). The van der Waals surface area contributed by atoms with Crippen LogP contribution in [-0.2, 0) is 14.2 Å². The van der Waals surface area contributed by atoms with Gasteiger partial charge in [0.1, 0.15) is 0 Å². The third-order valence-corrected chi connectivity index (χ3v) is 4.72. The Balaban J connectivity index is 2.97. The van der Waals surface area contributed by atoms with Crippen LogP contribution in [0.15, 0.2) is 37.0 Å². The van der Waals surface area contributed by atoms with Crippen molar-refractivity contribution in [2.45, 2.75) is 63.8 Å². The molecule has 4 nitrogen and oxygen atoms in total. The number of hydrogen-bond donors (Lipinski definition) is 1. The van der Waals surface area contributed by atoms with Crippen LogP contribution in [0.3, 0.4) is 0 Å². The van der Waals surface area contributed by atoms with Gasteiger partial charge in [-0.05, 0) is 24.3 Å². The summed E-state index contributed by atoms with van der Waals surface area (Å²) >= 11 is 0. The average Bonchev–Trinajstić information content (AvgIpc) is 2.65. The maximum absolute atomic E-state index is 5.68. The van der Waals surface area contributed by atoms with Crippen molar-refractivity contribution in [3.05, 3.63) is 42.6 Å². The van der Waals surface area contributed by atoms with Gasteiger partial charge in [0.2, 0.25) is 0 Å². The second-order valence-corrected chi connectivity index (χ2v) is 6.26. The first kappa shape index (κ1) is 21.7. The van der Waals surface area contributed by atoms with Crippen LogP contribution in [0.1, 0.15) is 63.4 Å². The molecule has 1 N–H and O–H groups in total. The summed E-state index contributed by atoms with van der Waals surface area (Å²) in [5.41, 5.74) is 2.12. The predicted octanol–water partition coefficient (Wildman–Crippen LogP) is 5.67. The number of nitrogens with one attached hydrogen (secondary N) is 1. The van der Waals surface area contributed by atoms with Crippen molar-refractivity contribution in [2.24, 2.45) is 0 Å². The first-order chi connectivity index (χ1) is 12.2. The molecule has 1 aromatic rings. The van der Waals surface area contributed by atoms with Crippen LogP contribution in [-0.4, -0.2) is 27.3 Å². The first-order valence-electron chi connectivity index (χ1n) is 9.30. The lowest BCUT2D eigenvalue weighted by atomic mass is 9.89. The molecule has 0 bridgehead atoms. The van der Waals surface area contributed by atoms with Gasteiger partial charge in [-0.15, -0.1) is 0 Å². The number of methoxy groups -OCH3 is 3. The van der Waals surface area contributed by atoms with Gasteiger partial charge in [-0.3, -0.25) is 0 Å². The zero-order valence-corrected chi connectivity index (χ0v) is 16.3. The minimum absolute atomic E-state index is 0.0395. The SMILES string of the molecule is C=CNc1ccccc1C(CCCCCCCC)C(OC)(OC)OC. The molecule has 0 aromatic heterocycles. The van der Waals surface area contributed by atoms with Gasteiger partial charge in [-0.2, -0.15) is 0 Å². The van der Waals surface area contributed by atoms with Crippen molar-refractivity contribution in [1.29, 1.82) is 0 Å². The van der Waals surface area contributed by atoms with E-state index < -0.39 is 5.97 Å². The molecule has 0 fully saturated rings. The van der Waals surface area contributed by atoms with Crippen molar-refractivity contribution >= 4 is 5.69 Å². The first-order valence-corrected chi connectivity index (χ1v) is 9.30. The summed E-state index contributed by atoms with van der Waals surface area (Å²) in [4.78, 5) is 0. The lowest BCUT2D eigenvalue weighted by Crippen LogP contribution is -2.42. The Morgan fingerprint density at radius 2 is 1.60 bits per heavy atom. The number of unbranched alkanes of at least 4 members (excludes halogenated alkanes) is 5. The summed E-state index contributed by atoms with van der Waals surface area (Å²) < 4.78 is 17.1. The van der Waals surface area contributed by atoms with Gasteiger partial charge in [-0.25, -0.2) is 0 Å². The number of anilines is 1. The van der Waals surface area contributed by atoms with Gasteiger partial charge >= 0.3 is 0 Å². The highest BCUT2D eigenvalue weighted by atomic mass is 16.9. The summed E-state index contributed by atoms with van der Waals surface area (Å²) in [5.74, 6) is -1.13. The van der Waals surface area contributed by atoms with Crippen LogP contribution in [0, 0.1) is 0 Å². The molecule has 1 atom stereocenters. The molecule has 0 aliphatic carbocycles. The molecular formula is C21H35NO3. The second-order valence-electron chi connectivity index (χ2n) is 6.26. The van der Waals surface area contributed by atoms with Crippen molar-refractivity contribution in [1.82, 2.24) is 0 Å². The summed E-state index contributed by atoms with van der Waals surface area (Å²) in [5, 5.41) is 3.22. The van der Waals surface area contributed by atoms with Crippen LogP contribution < -0.4 is 5.32 Å². The van der Waals surface area contributed by atoms with E-state index in [2.05, 4.69) is 24.9 Å². The topological polar surface area (TPSA) is 39.7 Å². The third kappa shape index (κ3) is 6.14. The predicted molar refractivity (Wildman–Crippen MR) is 105 cm³/mol. The number of para-hydroxylation sites is 1. The molecular weight excluding hydrogens is 314 g/mol. The number of rotatable bonds is 14. The van der Waals surface area contributed by atoms with Gasteiger partial charge in [0.05, 0.1) is 5.92 Å². The number of benzene rings is 1. The molecule has 1 unspecified atom stereocenters. The molecule has 25 heavy (non-hydrogen) atoms. The fraction of sp³-hybridized carbons (Fsp3) is 0.619. The molecule has 0 amide bonds. The summed E-state index contributed by atoms with van der Waals surface area (Å²) in [6.07, 6.45) is 10.1. The Kier molecular flexibility index (Phi) is 10.5. The van der Waals surface area contributed by atoms with Crippen LogP contribution in [0.25, 0.3) is 0 Å². The largest absolute Gasteiger partial charge is 0.362 e. The molecule has 0 aliphatic rings. The van der Waals surface area contributed by atoms with E-state index in [0.717, 1.165) is 24.1 Å². The average molecular weight is 350 g/mol. The van der Waals surface area contributed by atoms with E-state index in [1.54, 1.807) is 27.5 Å². The summed E-state index contributed by atoms with van der Waals surface area (Å²) in [7, 11) is 4.89. The van der Waals surface area contributed by atoms with E-state index in [9.17, 15) is 0 Å². The molecule has 0 radical (unpaired) electrons. The standard InChI is InChI=1S/C21H35NO3/c1-6-8-9-10-11-12-16-19(21(23-3,24-4)25-5)18-15-13-14-17-20(18)22-7-2/h7,13-15,17,19,22H,2,6,8-12,16H2,1,3-5H3.